The van der Waals surface area contributed by atoms with Crippen LogP contribution in [0.3, 0.4) is 0 Å². The van der Waals surface area contributed by atoms with Crippen LogP contribution in [0.15, 0.2) is 16.3 Å². The fourth-order valence-electron chi connectivity index (χ4n) is 2.33. The highest BCUT2D eigenvalue weighted by Crippen LogP contribution is 2.36. The van der Waals surface area contributed by atoms with Crippen LogP contribution in [0.25, 0.3) is 0 Å². The van der Waals surface area contributed by atoms with E-state index in [2.05, 4.69) is 13.8 Å². The third-order valence-electron chi connectivity index (χ3n) is 4.18. The molecule has 2 rings (SSSR count). The molecule has 0 bridgehead atoms. The van der Waals surface area contributed by atoms with Crippen molar-refractivity contribution in [1.82, 2.24) is 4.31 Å². The molecule has 0 unspecified atom stereocenters. The largest absolute Gasteiger partial charge is 0.243 e. The Labute approximate surface area is 124 Å². The van der Waals surface area contributed by atoms with Crippen molar-refractivity contribution in [1.29, 1.82) is 0 Å². The third-order valence-corrected chi connectivity index (χ3v) is 7.59. The van der Waals surface area contributed by atoms with Crippen LogP contribution >= 0.6 is 22.9 Å². The summed E-state index contributed by atoms with van der Waals surface area (Å²) in [5.41, 5.74) is 0.294. The first-order chi connectivity index (χ1) is 8.91. The summed E-state index contributed by atoms with van der Waals surface area (Å²) in [5, 5.41) is 1.70. The average molecular weight is 322 g/mol. The molecular formula is C13H20ClNO2S2. The van der Waals surface area contributed by atoms with Gasteiger partial charge in [0.2, 0.25) is 10.0 Å². The standard InChI is InChI=1S/C13H20ClNO2S2/c1-3-13(2)4-6-15(7-5-13)19(16,17)12-8-11(9-14)18-10-12/h8,10H,3-7,9H2,1-2H3. The smallest absolute Gasteiger partial charge is 0.207 e. The van der Waals surface area contributed by atoms with Gasteiger partial charge in [0.15, 0.2) is 0 Å². The van der Waals surface area contributed by atoms with Gasteiger partial charge >= 0.3 is 0 Å². The van der Waals surface area contributed by atoms with Crippen molar-refractivity contribution in [2.75, 3.05) is 13.1 Å². The van der Waals surface area contributed by atoms with E-state index in [0.717, 1.165) is 24.1 Å². The fourth-order valence-corrected chi connectivity index (χ4v) is 5.15. The molecule has 0 aromatic carbocycles. The van der Waals surface area contributed by atoms with Crippen LogP contribution < -0.4 is 0 Å². The molecule has 6 heteroatoms. The first-order valence-corrected chi connectivity index (χ1v) is 9.40. The SMILES string of the molecule is CCC1(C)CCN(S(=O)(=O)c2csc(CCl)c2)CC1. The molecule has 0 saturated carbocycles. The molecule has 1 aliphatic heterocycles. The van der Waals surface area contributed by atoms with E-state index in [1.54, 1.807) is 15.8 Å². The molecule has 0 amide bonds. The van der Waals surface area contributed by atoms with Gasteiger partial charge in [-0.15, -0.1) is 22.9 Å². The summed E-state index contributed by atoms with van der Waals surface area (Å²) in [6.07, 6.45) is 2.99. The average Bonchev–Trinajstić information content (AvgIpc) is 2.89. The van der Waals surface area contributed by atoms with E-state index in [9.17, 15) is 8.42 Å². The molecule has 1 fully saturated rings. The van der Waals surface area contributed by atoms with E-state index < -0.39 is 10.0 Å². The van der Waals surface area contributed by atoms with Crippen LogP contribution in [0.4, 0.5) is 0 Å². The quantitative estimate of drug-likeness (QED) is 0.793. The van der Waals surface area contributed by atoms with Gasteiger partial charge in [0.05, 0.1) is 10.8 Å². The number of nitrogens with zero attached hydrogens (tertiary/aromatic N) is 1. The zero-order valence-corrected chi connectivity index (χ0v) is 13.7. The molecule has 0 spiro atoms. The summed E-state index contributed by atoms with van der Waals surface area (Å²) in [5.74, 6) is 0.369. The fraction of sp³-hybridized carbons (Fsp3) is 0.692. The Kier molecular flexibility index (Phi) is 4.60. The third kappa shape index (κ3) is 3.15. The lowest BCUT2D eigenvalue weighted by Gasteiger charge is -2.38. The van der Waals surface area contributed by atoms with Crippen molar-refractivity contribution >= 4 is 33.0 Å². The first kappa shape index (κ1) is 15.3. The molecule has 1 aromatic heterocycles. The Balaban J connectivity index is 2.14. The molecule has 108 valence electrons. The van der Waals surface area contributed by atoms with Gasteiger partial charge in [-0.3, -0.25) is 0 Å². The van der Waals surface area contributed by atoms with Crippen molar-refractivity contribution in [2.45, 2.75) is 43.9 Å². The molecule has 0 atom stereocenters. The minimum absolute atomic E-state index is 0.294. The second kappa shape index (κ2) is 5.72. The van der Waals surface area contributed by atoms with Gasteiger partial charge in [0, 0.05) is 23.3 Å². The summed E-state index contributed by atoms with van der Waals surface area (Å²) in [7, 11) is -3.32. The maximum atomic E-state index is 12.5. The lowest BCUT2D eigenvalue weighted by atomic mass is 9.79. The maximum Gasteiger partial charge on any atom is 0.243 e. The van der Waals surface area contributed by atoms with Gasteiger partial charge in [-0.25, -0.2) is 8.42 Å². The molecule has 19 heavy (non-hydrogen) atoms. The normalized spacial score (nSPS) is 20.6. The zero-order valence-electron chi connectivity index (χ0n) is 11.4. The van der Waals surface area contributed by atoms with Gasteiger partial charge in [-0.2, -0.15) is 4.31 Å². The van der Waals surface area contributed by atoms with E-state index in [0.29, 0.717) is 29.3 Å². The molecule has 3 nitrogen and oxygen atoms in total. The molecule has 0 radical (unpaired) electrons. The Morgan fingerprint density at radius 3 is 2.53 bits per heavy atom. The minimum atomic E-state index is -3.32. The number of halogens is 1. The topological polar surface area (TPSA) is 37.4 Å². The molecule has 1 aromatic rings. The second-order valence-corrected chi connectivity index (χ2v) is 8.65. The highest BCUT2D eigenvalue weighted by molar-refractivity contribution is 7.89. The van der Waals surface area contributed by atoms with Crippen LogP contribution in [0, 0.1) is 5.41 Å². The summed E-state index contributed by atoms with van der Waals surface area (Å²) < 4.78 is 26.6. The van der Waals surface area contributed by atoms with Crippen LogP contribution in [0.2, 0.25) is 0 Å². The Hall–Kier alpha value is -0.100. The highest BCUT2D eigenvalue weighted by atomic mass is 35.5. The van der Waals surface area contributed by atoms with Gasteiger partial charge < -0.3 is 0 Å². The molecule has 1 aliphatic rings. The summed E-state index contributed by atoms with van der Waals surface area (Å²) in [6, 6.07) is 1.70. The van der Waals surface area contributed by atoms with Crippen molar-refractivity contribution in [2.24, 2.45) is 5.41 Å². The van der Waals surface area contributed by atoms with E-state index in [4.69, 9.17) is 11.6 Å². The maximum absolute atomic E-state index is 12.5. The van der Waals surface area contributed by atoms with Gasteiger partial charge in [0.25, 0.3) is 0 Å². The van der Waals surface area contributed by atoms with Crippen LogP contribution in [-0.2, 0) is 15.9 Å². The predicted octanol–water partition coefficient (Wildman–Crippen LogP) is 3.69. The number of piperidine rings is 1. The minimum Gasteiger partial charge on any atom is -0.207 e. The number of sulfonamides is 1. The number of thiophene rings is 1. The molecule has 1 saturated heterocycles. The van der Waals surface area contributed by atoms with E-state index >= 15 is 0 Å². The Morgan fingerprint density at radius 2 is 2.05 bits per heavy atom. The summed E-state index contributed by atoms with van der Waals surface area (Å²) in [4.78, 5) is 1.30. The lowest BCUT2D eigenvalue weighted by Crippen LogP contribution is -2.41. The summed E-state index contributed by atoms with van der Waals surface area (Å²) >= 11 is 7.14. The Bertz CT molecular complexity index is 531. The molecular weight excluding hydrogens is 302 g/mol. The lowest BCUT2D eigenvalue weighted by molar-refractivity contribution is 0.169. The molecule has 0 N–H and O–H groups in total. The van der Waals surface area contributed by atoms with E-state index in [1.165, 1.54) is 11.3 Å². The summed E-state index contributed by atoms with van der Waals surface area (Å²) in [6.45, 7) is 5.67. The van der Waals surface area contributed by atoms with Gasteiger partial charge in [-0.1, -0.05) is 20.3 Å². The zero-order chi connectivity index (χ0) is 14.1. The van der Waals surface area contributed by atoms with Crippen molar-refractivity contribution < 1.29 is 8.42 Å². The number of rotatable bonds is 4. The van der Waals surface area contributed by atoms with Crippen LogP contribution in [-0.4, -0.2) is 25.8 Å². The van der Waals surface area contributed by atoms with Crippen molar-refractivity contribution in [3.63, 3.8) is 0 Å². The first-order valence-electron chi connectivity index (χ1n) is 6.55. The van der Waals surface area contributed by atoms with Gasteiger partial charge in [0.1, 0.15) is 0 Å². The van der Waals surface area contributed by atoms with Crippen molar-refractivity contribution in [3.05, 3.63) is 16.3 Å². The highest BCUT2D eigenvalue weighted by Gasteiger charge is 2.34. The van der Waals surface area contributed by atoms with E-state index in [-0.39, 0.29) is 0 Å². The van der Waals surface area contributed by atoms with Crippen LogP contribution in [0.1, 0.15) is 38.0 Å². The predicted molar refractivity (Wildman–Crippen MR) is 80.3 cm³/mol. The molecule has 0 aliphatic carbocycles. The van der Waals surface area contributed by atoms with Crippen molar-refractivity contribution in [3.8, 4) is 0 Å². The number of hydrogen-bond donors (Lipinski definition) is 0. The van der Waals surface area contributed by atoms with Gasteiger partial charge in [-0.05, 0) is 24.3 Å². The van der Waals surface area contributed by atoms with E-state index in [1.807, 2.05) is 0 Å². The second-order valence-electron chi connectivity index (χ2n) is 5.45. The molecule has 2 heterocycles. The number of hydrogen-bond acceptors (Lipinski definition) is 3. The Morgan fingerprint density at radius 1 is 1.42 bits per heavy atom. The number of alkyl halides is 1. The van der Waals surface area contributed by atoms with Crippen LogP contribution in [0.5, 0.6) is 0 Å². The monoisotopic (exact) mass is 321 g/mol.